The Balaban J connectivity index is 3.19. The maximum absolute atomic E-state index is 3.30. The van der Waals surface area contributed by atoms with Crippen LogP contribution in [0.15, 0.2) is 0 Å². The van der Waals surface area contributed by atoms with Crippen molar-refractivity contribution in [2.45, 2.75) is 26.7 Å². The van der Waals surface area contributed by atoms with Crippen LogP contribution in [0.25, 0.3) is 0 Å². The molecule has 0 bridgehead atoms. The molecule has 1 N–H and O–H groups in total. The molecule has 0 aromatic rings. The number of hydrogen-bond donors (Lipinski definition) is 1. The zero-order chi connectivity index (χ0) is 10.8. The number of nitrogens with zero attached hydrogens (tertiary/aromatic N) is 1. The molecule has 0 spiro atoms. The van der Waals surface area contributed by atoms with E-state index in [9.17, 15) is 0 Å². The molecule has 0 rings (SSSR count). The summed E-state index contributed by atoms with van der Waals surface area (Å²) in [7, 11) is 4.19. The van der Waals surface area contributed by atoms with Crippen molar-refractivity contribution in [1.82, 2.24) is 10.2 Å². The molecule has 82 valence electrons. The molecule has 0 saturated carbocycles. The van der Waals surface area contributed by atoms with Crippen LogP contribution in [0, 0.1) is 17.8 Å². The van der Waals surface area contributed by atoms with Crippen molar-refractivity contribution in [2.24, 2.45) is 5.92 Å². The summed E-state index contributed by atoms with van der Waals surface area (Å²) in [6, 6.07) is 0. The van der Waals surface area contributed by atoms with Crippen molar-refractivity contribution in [1.29, 1.82) is 0 Å². The van der Waals surface area contributed by atoms with Crippen LogP contribution < -0.4 is 5.32 Å². The monoisotopic (exact) mass is 196 g/mol. The molecule has 0 aliphatic rings. The Morgan fingerprint density at radius 1 is 1.21 bits per heavy atom. The zero-order valence-corrected chi connectivity index (χ0v) is 10.1. The van der Waals surface area contributed by atoms with E-state index in [4.69, 9.17) is 0 Å². The van der Waals surface area contributed by atoms with Crippen molar-refractivity contribution >= 4 is 0 Å². The lowest BCUT2D eigenvalue weighted by Gasteiger charge is -2.06. The average molecular weight is 196 g/mol. The first-order valence-corrected chi connectivity index (χ1v) is 5.44. The van der Waals surface area contributed by atoms with E-state index in [-0.39, 0.29) is 0 Å². The smallest absolute Gasteiger partial charge is 0.0576 e. The van der Waals surface area contributed by atoms with Gasteiger partial charge < -0.3 is 10.2 Å². The summed E-state index contributed by atoms with van der Waals surface area (Å²) in [6.07, 6.45) is 2.19. The van der Waals surface area contributed by atoms with Crippen molar-refractivity contribution in [3.8, 4) is 11.8 Å². The average Bonchev–Trinajstić information content (AvgIpc) is 2.08. The summed E-state index contributed by atoms with van der Waals surface area (Å²) in [6.45, 7) is 7.44. The molecule has 0 aliphatic heterocycles. The highest BCUT2D eigenvalue weighted by molar-refractivity contribution is 5.00. The van der Waals surface area contributed by atoms with E-state index in [0.717, 1.165) is 26.1 Å². The Hall–Kier alpha value is -0.520. The van der Waals surface area contributed by atoms with E-state index in [1.54, 1.807) is 0 Å². The molecule has 0 unspecified atom stereocenters. The van der Waals surface area contributed by atoms with Gasteiger partial charge in [0.15, 0.2) is 0 Å². The molecule has 0 aromatic heterocycles. The summed E-state index contributed by atoms with van der Waals surface area (Å²) in [5.41, 5.74) is 0. The van der Waals surface area contributed by atoms with E-state index in [1.165, 1.54) is 6.42 Å². The Labute approximate surface area is 89.1 Å². The van der Waals surface area contributed by atoms with Gasteiger partial charge in [-0.2, -0.15) is 0 Å². The van der Waals surface area contributed by atoms with Gasteiger partial charge in [0.2, 0.25) is 0 Å². The molecule has 0 fully saturated rings. The minimum Gasteiger partial charge on any atom is -0.309 e. The van der Waals surface area contributed by atoms with E-state index in [0.29, 0.717) is 5.92 Å². The van der Waals surface area contributed by atoms with Crippen molar-refractivity contribution < 1.29 is 0 Å². The van der Waals surface area contributed by atoms with Crippen LogP contribution in [0.2, 0.25) is 0 Å². The minimum absolute atomic E-state index is 0.713. The van der Waals surface area contributed by atoms with Crippen molar-refractivity contribution in [3.05, 3.63) is 0 Å². The molecule has 0 atom stereocenters. The fraction of sp³-hybridized carbons (Fsp3) is 0.833. The zero-order valence-electron chi connectivity index (χ0n) is 10.1. The summed E-state index contributed by atoms with van der Waals surface area (Å²) in [4.78, 5) is 2.19. The predicted molar refractivity (Wildman–Crippen MR) is 63.3 cm³/mol. The van der Waals surface area contributed by atoms with Gasteiger partial charge in [-0.25, -0.2) is 0 Å². The van der Waals surface area contributed by atoms with Gasteiger partial charge in [-0.1, -0.05) is 19.8 Å². The Bertz CT molecular complexity index is 156. The van der Waals surface area contributed by atoms with E-state index in [1.807, 2.05) is 0 Å². The number of nitrogens with one attached hydrogen (secondary N) is 1. The fourth-order valence-corrected chi connectivity index (χ4v) is 1.06. The van der Waals surface area contributed by atoms with Gasteiger partial charge >= 0.3 is 0 Å². The molecule has 0 radical (unpaired) electrons. The lowest BCUT2D eigenvalue weighted by atomic mass is 10.2. The number of unbranched alkanes of at least 4 members (excludes halogenated alkanes) is 1. The molecule has 0 saturated heterocycles. The molecule has 2 nitrogen and oxygen atoms in total. The first-order valence-electron chi connectivity index (χ1n) is 5.44. The van der Waals surface area contributed by atoms with Gasteiger partial charge in [0, 0.05) is 6.42 Å². The molecule has 0 aliphatic carbocycles. The molecule has 0 aromatic carbocycles. The molecular formula is C12H24N2. The van der Waals surface area contributed by atoms with Crippen LogP contribution in [0.4, 0.5) is 0 Å². The topological polar surface area (TPSA) is 15.3 Å². The molecule has 0 heterocycles. The predicted octanol–water partition coefficient (Wildman–Crippen LogP) is 1.58. The van der Waals surface area contributed by atoms with Crippen LogP contribution in [-0.4, -0.2) is 38.6 Å². The van der Waals surface area contributed by atoms with Crippen LogP contribution >= 0.6 is 0 Å². The van der Waals surface area contributed by atoms with Crippen LogP contribution in [-0.2, 0) is 0 Å². The van der Waals surface area contributed by atoms with E-state index >= 15 is 0 Å². The SMILES string of the molecule is CC(C)CNCC#CCCCN(C)C. The molecule has 0 amide bonds. The summed E-state index contributed by atoms with van der Waals surface area (Å²) < 4.78 is 0. The quantitative estimate of drug-likeness (QED) is 0.512. The molecule has 2 heteroatoms. The van der Waals surface area contributed by atoms with Crippen LogP contribution in [0.5, 0.6) is 0 Å². The van der Waals surface area contributed by atoms with Gasteiger partial charge in [-0.15, -0.1) is 5.92 Å². The second-order valence-corrected chi connectivity index (χ2v) is 4.29. The second kappa shape index (κ2) is 9.05. The van der Waals surface area contributed by atoms with Gasteiger partial charge in [-0.3, -0.25) is 0 Å². The van der Waals surface area contributed by atoms with Crippen molar-refractivity contribution in [2.75, 3.05) is 33.7 Å². The van der Waals surface area contributed by atoms with Gasteiger partial charge in [0.25, 0.3) is 0 Å². The van der Waals surface area contributed by atoms with Gasteiger partial charge in [-0.05, 0) is 39.5 Å². The number of hydrogen-bond acceptors (Lipinski definition) is 2. The third kappa shape index (κ3) is 11.5. The molecular weight excluding hydrogens is 172 g/mol. The Kier molecular flexibility index (Phi) is 8.72. The largest absolute Gasteiger partial charge is 0.309 e. The second-order valence-electron chi connectivity index (χ2n) is 4.29. The summed E-state index contributed by atoms with van der Waals surface area (Å²) in [5.74, 6) is 7.02. The highest BCUT2D eigenvalue weighted by atomic mass is 15.0. The Morgan fingerprint density at radius 3 is 2.50 bits per heavy atom. The standard InChI is InChI=1S/C12H24N2/c1-12(2)11-13-9-7-5-6-8-10-14(3)4/h12-13H,6,8-11H2,1-4H3. The maximum Gasteiger partial charge on any atom is 0.0576 e. The van der Waals surface area contributed by atoms with Gasteiger partial charge in [0.05, 0.1) is 6.54 Å². The van der Waals surface area contributed by atoms with E-state index in [2.05, 4.69) is 50.0 Å². The third-order valence-corrected chi connectivity index (χ3v) is 1.80. The van der Waals surface area contributed by atoms with Crippen molar-refractivity contribution in [3.63, 3.8) is 0 Å². The minimum atomic E-state index is 0.713. The highest BCUT2D eigenvalue weighted by Gasteiger charge is 1.89. The normalized spacial score (nSPS) is 10.4. The van der Waals surface area contributed by atoms with E-state index < -0.39 is 0 Å². The van der Waals surface area contributed by atoms with Crippen LogP contribution in [0.1, 0.15) is 26.7 Å². The lowest BCUT2D eigenvalue weighted by molar-refractivity contribution is 0.403. The summed E-state index contributed by atoms with van der Waals surface area (Å²) in [5, 5.41) is 3.30. The highest BCUT2D eigenvalue weighted by Crippen LogP contribution is 1.88. The first kappa shape index (κ1) is 13.5. The van der Waals surface area contributed by atoms with Crippen LogP contribution in [0.3, 0.4) is 0 Å². The first-order chi connectivity index (χ1) is 6.63. The molecule has 14 heavy (non-hydrogen) atoms. The lowest BCUT2D eigenvalue weighted by Crippen LogP contribution is -2.19. The third-order valence-electron chi connectivity index (χ3n) is 1.80. The maximum atomic E-state index is 3.30. The Morgan fingerprint density at radius 2 is 1.93 bits per heavy atom. The number of rotatable bonds is 6. The van der Waals surface area contributed by atoms with Gasteiger partial charge in [0.1, 0.15) is 0 Å². The summed E-state index contributed by atoms with van der Waals surface area (Å²) >= 11 is 0. The fourth-order valence-electron chi connectivity index (χ4n) is 1.06.